The molecule has 0 aliphatic heterocycles. The first kappa shape index (κ1) is 14.9. The minimum absolute atomic E-state index is 0.641. The molecular formula is C17H19ClO2. The maximum atomic E-state index is 10.4. The smallest absolute Gasteiger partial charge is 0.119 e. The molecule has 2 aromatic rings. The van der Waals surface area contributed by atoms with Gasteiger partial charge in [0.05, 0.1) is 6.61 Å². The highest BCUT2D eigenvalue weighted by molar-refractivity contribution is 6.30. The van der Waals surface area contributed by atoms with Crippen LogP contribution in [0, 0.1) is 6.92 Å². The molecule has 2 rings (SSSR count). The maximum absolute atomic E-state index is 10.4. The summed E-state index contributed by atoms with van der Waals surface area (Å²) in [5.74, 6) is 0.824. The van der Waals surface area contributed by atoms with Crippen molar-refractivity contribution in [2.24, 2.45) is 0 Å². The van der Waals surface area contributed by atoms with Gasteiger partial charge in [-0.05, 0) is 54.3 Å². The number of aliphatic hydroxyl groups excluding tert-OH is 1. The van der Waals surface area contributed by atoms with Gasteiger partial charge >= 0.3 is 0 Å². The zero-order chi connectivity index (χ0) is 14.5. The monoisotopic (exact) mass is 290 g/mol. The minimum atomic E-state index is -0.673. The number of hydrogen-bond acceptors (Lipinski definition) is 2. The van der Waals surface area contributed by atoms with Crippen molar-refractivity contribution in [3.8, 4) is 5.75 Å². The van der Waals surface area contributed by atoms with Crippen LogP contribution in [0.1, 0.15) is 36.1 Å². The summed E-state index contributed by atoms with van der Waals surface area (Å²) >= 11 is 6.03. The van der Waals surface area contributed by atoms with Gasteiger partial charge in [-0.15, -0.1) is 0 Å². The van der Waals surface area contributed by atoms with Crippen LogP contribution < -0.4 is 4.74 Å². The fourth-order valence-electron chi connectivity index (χ4n) is 2.08. The SMILES string of the molecule is CCCOc1ccc(C(O)c2cc(C)cc(Cl)c2)cc1. The number of ether oxygens (including phenoxy) is 1. The highest BCUT2D eigenvalue weighted by Crippen LogP contribution is 2.27. The first-order valence-corrected chi connectivity index (χ1v) is 7.16. The van der Waals surface area contributed by atoms with E-state index in [1.165, 1.54) is 0 Å². The van der Waals surface area contributed by atoms with Crippen LogP contribution in [0.25, 0.3) is 0 Å². The molecule has 0 bridgehead atoms. The summed E-state index contributed by atoms with van der Waals surface area (Å²) < 4.78 is 5.53. The Kier molecular flexibility index (Phi) is 5.05. The molecule has 106 valence electrons. The van der Waals surface area contributed by atoms with Gasteiger partial charge in [-0.2, -0.15) is 0 Å². The molecule has 1 unspecified atom stereocenters. The van der Waals surface area contributed by atoms with Crippen molar-refractivity contribution >= 4 is 11.6 Å². The van der Waals surface area contributed by atoms with Gasteiger partial charge in [-0.1, -0.05) is 36.7 Å². The lowest BCUT2D eigenvalue weighted by atomic mass is 10.00. The van der Waals surface area contributed by atoms with E-state index in [9.17, 15) is 5.11 Å². The van der Waals surface area contributed by atoms with Crippen molar-refractivity contribution in [3.05, 3.63) is 64.2 Å². The Labute approximate surface area is 125 Å². The molecule has 3 heteroatoms. The Morgan fingerprint density at radius 1 is 1.10 bits per heavy atom. The predicted octanol–water partition coefficient (Wildman–Crippen LogP) is 4.52. The van der Waals surface area contributed by atoms with Gasteiger partial charge < -0.3 is 9.84 Å². The predicted molar refractivity (Wildman–Crippen MR) is 82.5 cm³/mol. The third-order valence-electron chi connectivity index (χ3n) is 3.05. The largest absolute Gasteiger partial charge is 0.494 e. The summed E-state index contributed by atoms with van der Waals surface area (Å²) in [5, 5.41) is 11.0. The summed E-state index contributed by atoms with van der Waals surface area (Å²) in [6.45, 7) is 4.73. The molecule has 0 radical (unpaired) electrons. The van der Waals surface area contributed by atoms with Gasteiger partial charge in [-0.25, -0.2) is 0 Å². The zero-order valence-electron chi connectivity index (χ0n) is 11.8. The van der Waals surface area contributed by atoms with E-state index in [0.717, 1.165) is 28.9 Å². The van der Waals surface area contributed by atoms with Crippen molar-refractivity contribution in [1.82, 2.24) is 0 Å². The van der Waals surface area contributed by atoms with Crippen LogP contribution in [-0.4, -0.2) is 11.7 Å². The fourth-order valence-corrected chi connectivity index (χ4v) is 2.38. The second-order valence-corrected chi connectivity index (χ2v) is 5.32. The van der Waals surface area contributed by atoms with E-state index in [-0.39, 0.29) is 0 Å². The first-order chi connectivity index (χ1) is 9.60. The average Bonchev–Trinajstić information content (AvgIpc) is 2.44. The van der Waals surface area contributed by atoms with Gasteiger partial charge in [0, 0.05) is 5.02 Å². The van der Waals surface area contributed by atoms with Crippen LogP contribution in [0.15, 0.2) is 42.5 Å². The van der Waals surface area contributed by atoms with Crippen LogP contribution in [0.5, 0.6) is 5.75 Å². The van der Waals surface area contributed by atoms with Gasteiger partial charge in [0.1, 0.15) is 11.9 Å². The Hall–Kier alpha value is -1.51. The zero-order valence-corrected chi connectivity index (χ0v) is 12.5. The van der Waals surface area contributed by atoms with E-state index in [1.807, 2.05) is 43.3 Å². The topological polar surface area (TPSA) is 29.5 Å². The highest BCUT2D eigenvalue weighted by atomic mass is 35.5. The van der Waals surface area contributed by atoms with Crippen molar-refractivity contribution in [2.75, 3.05) is 6.61 Å². The van der Waals surface area contributed by atoms with E-state index < -0.39 is 6.10 Å². The van der Waals surface area contributed by atoms with Crippen LogP contribution >= 0.6 is 11.6 Å². The molecule has 1 atom stereocenters. The number of halogens is 1. The second kappa shape index (κ2) is 6.78. The molecule has 2 aromatic carbocycles. The van der Waals surface area contributed by atoms with Gasteiger partial charge in [-0.3, -0.25) is 0 Å². The van der Waals surface area contributed by atoms with Crippen molar-refractivity contribution in [3.63, 3.8) is 0 Å². The van der Waals surface area contributed by atoms with Crippen molar-refractivity contribution in [2.45, 2.75) is 26.4 Å². The summed E-state index contributed by atoms with van der Waals surface area (Å²) in [7, 11) is 0. The van der Waals surface area contributed by atoms with E-state index in [4.69, 9.17) is 16.3 Å². The molecular weight excluding hydrogens is 272 g/mol. The third-order valence-corrected chi connectivity index (χ3v) is 3.27. The Bertz CT molecular complexity index is 543. The lowest BCUT2D eigenvalue weighted by molar-refractivity contribution is 0.220. The molecule has 0 saturated heterocycles. The molecule has 0 amide bonds. The molecule has 0 fully saturated rings. The lowest BCUT2D eigenvalue weighted by Gasteiger charge is -2.13. The van der Waals surface area contributed by atoms with Gasteiger partial charge in [0.2, 0.25) is 0 Å². The molecule has 0 heterocycles. The molecule has 0 aromatic heterocycles. The van der Waals surface area contributed by atoms with Gasteiger partial charge in [0.15, 0.2) is 0 Å². The van der Waals surface area contributed by atoms with Crippen LogP contribution in [0.3, 0.4) is 0 Å². The summed E-state index contributed by atoms with van der Waals surface area (Å²) in [6.07, 6.45) is 0.305. The van der Waals surface area contributed by atoms with E-state index in [2.05, 4.69) is 6.92 Å². The molecule has 0 aliphatic carbocycles. The Balaban J connectivity index is 2.17. The summed E-state index contributed by atoms with van der Waals surface area (Å²) in [6, 6.07) is 13.1. The van der Waals surface area contributed by atoms with Crippen LogP contribution in [-0.2, 0) is 0 Å². The third kappa shape index (κ3) is 3.75. The average molecular weight is 291 g/mol. The number of rotatable bonds is 5. The maximum Gasteiger partial charge on any atom is 0.119 e. The number of aliphatic hydroxyl groups is 1. The van der Waals surface area contributed by atoms with Crippen LogP contribution in [0.2, 0.25) is 5.02 Å². The molecule has 1 N–H and O–H groups in total. The molecule has 0 spiro atoms. The van der Waals surface area contributed by atoms with Crippen molar-refractivity contribution in [1.29, 1.82) is 0 Å². The minimum Gasteiger partial charge on any atom is -0.494 e. The number of benzene rings is 2. The highest BCUT2D eigenvalue weighted by Gasteiger charge is 2.11. The molecule has 0 aliphatic rings. The van der Waals surface area contributed by atoms with Gasteiger partial charge in [0.25, 0.3) is 0 Å². The van der Waals surface area contributed by atoms with E-state index >= 15 is 0 Å². The normalized spacial score (nSPS) is 12.2. The summed E-state index contributed by atoms with van der Waals surface area (Å²) in [5.41, 5.74) is 2.67. The standard InChI is InChI=1S/C17H19ClO2/c1-3-8-20-16-6-4-13(5-7-16)17(19)14-9-12(2)10-15(18)11-14/h4-7,9-11,17,19H,3,8H2,1-2H3. The van der Waals surface area contributed by atoms with E-state index in [1.54, 1.807) is 6.07 Å². The first-order valence-electron chi connectivity index (χ1n) is 6.78. The Morgan fingerprint density at radius 2 is 1.80 bits per heavy atom. The second-order valence-electron chi connectivity index (χ2n) is 4.88. The molecule has 0 saturated carbocycles. The van der Waals surface area contributed by atoms with Crippen LogP contribution in [0.4, 0.5) is 0 Å². The molecule has 2 nitrogen and oxygen atoms in total. The molecule has 20 heavy (non-hydrogen) atoms. The quantitative estimate of drug-likeness (QED) is 0.877. The fraction of sp³-hybridized carbons (Fsp3) is 0.294. The number of hydrogen-bond donors (Lipinski definition) is 1. The number of aryl methyl sites for hydroxylation is 1. The van der Waals surface area contributed by atoms with E-state index in [0.29, 0.717) is 11.6 Å². The summed E-state index contributed by atoms with van der Waals surface area (Å²) in [4.78, 5) is 0. The lowest BCUT2D eigenvalue weighted by Crippen LogP contribution is -2.01. The Morgan fingerprint density at radius 3 is 2.40 bits per heavy atom. The van der Waals surface area contributed by atoms with Crippen molar-refractivity contribution < 1.29 is 9.84 Å².